The van der Waals surface area contributed by atoms with E-state index in [2.05, 4.69) is 47.9 Å². The Kier molecular flexibility index (Phi) is 4.65. The molecule has 118 valence electrons. The van der Waals surface area contributed by atoms with Gasteiger partial charge >= 0.3 is 0 Å². The second-order valence-corrected chi connectivity index (χ2v) is 6.89. The third kappa shape index (κ3) is 3.49. The van der Waals surface area contributed by atoms with Gasteiger partial charge in [-0.05, 0) is 44.6 Å². The fraction of sp³-hybridized carbons (Fsp3) is 0.824. The third-order valence-electron chi connectivity index (χ3n) is 5.27. The number of aromatic nitrogens is 2. The van der Waals surface area contributed by atoms with Crippen molar-refractivity contribution in [2.45, 2.75) is 71.1 Å². The van der Waals surface area contributed by atoms with Crippen LogP contribution in [0.5, 0.6) is 0 Å². The van der Waals surface area contributed by atoms with Crippen molar-refractivity contribution in [1.82, 2.24) is 20.0 Å². The van der Waals surface area contributed by atoms with Gasteiger partial charge in [0.15, 0.2) is 0 Å². The summed E-state index contributed by atoms with van der Waals surface area (Å²) in [5, 5.41) is 8.54. The van der Waals surface area contributed by atoms with Crippen LogP contribution >= 0.6 is 0 Å². The van der Waals surface area contributed by atoms with Crippen molar-refractivity contribution in [3.63, 3.8) is 0 Å². The lowest BCUT2D eigenvalue weighted by molar-refractivity contribution is 0.123. The number of nitrogens with one attached hydrogen (secondary N) is 1. The van der Waals surface area contributed by atoms with E-state index in [1.807, 2.05) is 0 Å². The van der Waals surface area contributed by atoms with E-state index in [-0.39, 0.29) is 0 Å². The summed E-state index contributed by atoms with van der Waals surface area (Å²) in [6.07, 6.45) is 7.32. The van der Waals surface area contributed by atoms with Gasteiger partial charge < -0.3 is 5.32 Å². The molecule has 2 heterocycles. The van der Waals surface area contributed by atoms with Crippen LogP contribution in [-0.4, -0.2) is 39.9 Å². The van der Waals surface area contributed by atoms with E-state index in [0.29, 0.717) is 18.1 Å². The highest BCUT2D eigenvalue weighted by Crippen LogP contribution is 2.34. The van der Waals surface area contributed by atoms with Gasteiger partial charge in [0.2, 0.25) is 0 Å². The van der Waals surface area contributed by atoms with Crippen molar-refractivity contribution in [2.24, 2.45) is 5.92 Å². The average molecular weight is 290 g/mol. The Morgan fingerprint density at radius 2 is 2.10 bits per heavy atom. The maximum Gasteiger partial charge on any atom is 0.0765 e. The van der Waals surface area contributed by atoms with E-state index in [9.17, 15) is 0 Å². The molecule has 1 N–H and O–H groups in total. The Labute approximate surface area is 128 Å². The summed E-state index contributed by atoms with van der Waals surface area (Å²) in [5.74, 6) is 0.933. The molecule has 1 saturated carbocycles. The van der Waals surface area contributed by atoms with Crippen molar-refractivity contribution in [2.75, 3.05) is 13.1 Å². The summed E-state index contributed by atoms with van der Waals surface area (Å²) < 4.78 is 2.17. The van der Waals surface area contributed by atoms with Crippen molar-refractivity contribution in [3.8, 4) is 0 Å². The maximum absolute atomic E-state index is 4.82. The van der Waals surface area contributed by atoms with Gasteiger partial charge in [-0.15, -0.1) is 0 Å². The minimum atomic E-state index is 0.554. The number of hydrogen-bond donors (Lipinski definition) is 1. The molecule has 4 nitrogen and oxygen atoms in total. The monoisotopic (exact) mass is 290 g/mol. The van der Waals surface area contributed by atoms with E-state index in [0.717, 1.165) is 31.8 Å². The molecule has 1 aromatic rings. The fourth-order valence-electron chi connectivity index (χ4n) is 3.52. The highest BCUT2D eigenvalue weighted by molar-refractivity contribution is 5.02. The molecular weight excluding hydrogens is 260 g/mol. The summed E-state index contributed by atoms with van der Waals surface area (Å²) >= 11 is 0. The van der Waals surface area contributed by atoms with Gasteiger partial charge in [-0.2, -0.15) is 5.10 Å². The first-order valence-electron chi connectivity index (χ1n) is 8.72. The van der Waals surface area contributed by atoms with E-state index in [1.54, 1.807) is 0 Å². The van der Waals surface area contributed by atoms with Crippen molar-refractivity contribution in [3.05, 3.63) is 18.0 Å². The molecule has 1 aromatic heterocycles. The Morgan fingerprint density at radius 3 is 2.76 bits per heavy atom. The van der Waals surface area contributed by atoms with Crippen molar-refractivity contribution < 1.29 is 0 Å². The quantitative estimate of drug-likeness (QED) is 0.874. The molecule has 0 amide bonds. The normalized spacial score (nSPS) is 27.4. The van der Waals surface area contributed by atoms with Crippen LogP contribution in [-0.2, 0) is 6.54 Å². The van der Waals surface area contributed by atoms with Gasteiger partial charge in [-0.25, -0.2) is 0 Å². The molecule has 1 saturated heterocycles. The summed E-state index contributed by atoms with van der Waals surface area (Å²) in [7, 11) is 0. The molecular formula is C17H30N4. The van der Waals surface area contributed by atoms with Crippen molar-refractivity contribution in [1.29, 1.82) is 0 Å². The molecule has 2 fully saturated rings. The Balaban J connectivity index is 1.61. The first-order chi connectivity index (χ1) is 10.2. The van der Waals surface area contributed by atoms with E-state index in [1.165, 1.54) is 25.1 Å². The SMILES string of the molecule is CCC(CC)n1ccc(CN2CC(C3CC3)NCC2C)n1. The molecule has 0 radical (unpaired) electrons. The van der Waals surface area contributed by atoms with Crippen LogP contribution in [0.1, 0.15) is 58.2 Å². The van der Waals surface area contributed by atoms with Crippen LogP contribution in [0.25, 0.3) is 0 Å². The molecule has 0 bridgehead atoms. The third-order valence-corrected chi connectivity index (χ3v) is 5.27. The van der Waals surface area contributed by atoms with Crippen LogP contribution in [0.3, 0.4) is 0 Å². The first-order valence-corrected chi connectivity index (χ1v) is 8.72. The fourth-order valence-corrected chi connectivity index (χ4v) is 3.52. The lowest BCUT2D eigenvalue weighted by Gasteiger charge is -2.38. The topological polar surface area (TPSA) is 33.1 Å². The van der Waals surface area contributed by atoms with Gasteiger partial charge in [-0.3, -0.25) is 9.58 Å². The highest BCUT2D eigenvalue weighted by atomic mass is 15.3. The predicted octanol–water partition coefficient (Wildman–Crippen LogP) is 2.82. The largest absolute Gasteiger partial charge is 0.311 e. The zero-order valence-corrected chi connectivity index (χ0v) is 13.8. The van der Waals surface area contributed by atoms with Gasteiger partial charge in [0, 0.05) is 37.9 Å². The summed E-state index contributed by atoms with van der Waals surface area (Å²) in [6, 6.07) is 4.08. The average Bonchev–Trinajstić information content (AvgIpc) is 3.24. The Hall–Kier alpha value is -0.870. The van der Waals surface area contributed by atoms with Crippen LogP contribution in [0.4, 0.5) is 0 Å². The zero-order valence-electron chi connectivity index (χ0n) is 13.8. The zero-order chi connectivity index (χ0) is 14.8. The second kappa shape index (κ2) is 6.49. The van der Waals surface area contributed by atoms with Crippen LogP contribution in [0, 0.1) is 5.92 Å². The summed E-state index contributed by atoms with van der Waals surface area (Å²) in [4.78, 5) is 2.61. The summed E-state index contributed by atoms with van der Waals surface area (Å²) in [5.41, 5.74) is 1.23. The minimum Gasteiger partial charge on any atom is -0.311 e. The van der Waals surface area contributed by atoms with E-state index in [4.69, 9.17) is 5.10 Å². The molecule has 21 heavy (non-hydrogen) atoms. The Morgan fingerprint density at radius 1 is 1.33 bits per heavy atom. The molecule has 2 aliphatic rings. The van der Waals surface area contributed by atoms with E-state index < -0.39 is 0 Å². The number of nitrogens with zero attached hydrogens (tertiary/aromatic N) is 3. The lowest BCUT2D eigenvalue weighted by Crippen LogP contribution is -2.55. The molecule has 1 aliphatic heterocycles. The second-order valence-electron chi connectivity index (χ2n) is 6.89. The standard InChI is InChI=1S/C17H30N4/c1-4-16(5-2)21-9-8-15(19-21)11-20-12-17(14-6-7-14)18-10-13(20)3/h8-9,13-14,16-18H,4-7,10-12H2,1-3H3. The smallest absolute Gasteiger partial charge is 0.0765 e. The maximum atomic E-state index is 4.82. The molecule has 3 rings (SSSR count). The minimum absolute atomic E-state index is 0.554. The van der Waals surface area contributed by atoms with Gasteiger partial charge in [0.1, 0.15) is 0 Å². The summed E-state index contributed by atoms with van der Waals surface area (Å²) in [6.45, 7) is 10.1. The van der Waals surface area contributed by atoms with Gasteiger partial charge in [0.05, 0.1) is 11.7 Å². The predicted molar refractivity (Wildman–Crippen MR) is 86.2 cm³/mol. The van der Waals surface area contributed by atoms with Gasteiger partial charge in [-0.1, -0.05) is 13.8 Å². The van der Waals surface area contributed by atoms with E-state index >= 15 is 0 Å². The highest BCUT2D eigenvalue weighted by Gasteiger charge is 2.36. The van der Waals surface area contributed by atoms with Crippen molar-refractivity contribution >= 4 is 0 Å². The van der Waals surface area contributed by atoms with Crippen LogP contribution < -0.4 is 5.32 Å². The number of piperazine rings is 1. The molecule has 0 aromatic carbocycles. The Bertz CT molecular complexity index is 447. The molecule has 1 aliphatic carbocycles. The number of rotatable bonds is 6. The molecule has 0 spiro atoms. The number of hydrogen-bond acceptors (Lipinski definition) is 3. The van der Waals surface area contributed by atoms with Crippen LogP contribution in [0.2, 0.25) is 0 Å². The van der Waals surface area contributed by atoms with Crippen LogP contribution in [0.15, 0.2) is 12.3 Å². The lowest BCUT2D eigenvalue weighted by atomic mass is 10.1. The first kappa shape index (κ1) is 15.0. The molecule has 2 unspecified atom stereocenters. The molecule has 2 atom stereocenters. The molecule has 4 heteroatoms. The van der Waals surface area contributed by atoms with Gasteiger partial charge in [0.25, 0.3) is 0 Å².